The molecule has 1 aliphatic rings. The van der Waals surface area contributed by atoms with Crippen LogP contribution in [-0.2, 0) is 11.3 Å². The van der Waals surface area contributed by atoms with Gasteiger partial charge in [-0.2, -0.15) is 0 Å². The van der Waals surface area contributed by atoms with Crippen LogP contribution in [0.3, 0.4) is 0 Å². The van der Waals surface area contributed by atoms with E-state index < -0.39 is 0 Å². The molecule has 0 saturated carbocycles. The van der Waals surface area contributed by atoms with Crippen molar-refractivity contribution in [2.75, 3.05) is 25.6 Å². The maximum absolute atomic E-state index is 11.8. The molecule has 2 rings (SSSR count). The van der Waals surface area contributed by atoms with Crippen LogP contribution in [0.25, 0.3) is 0 Å². The van der Waals surface area contributed by atoms with Crippen LogP contribution in [0.4, 0.5) is 5.13 Å². The second-order valence-electron chi connectivity index (χ2n) is 4.88. The Bertz CT molecular complexity index is 435. The number of carbonyl (C=O) groups excluding carboxylic acids is 1. The second-order valence-corrected chi connectivity index (χ2v) is 5.99. The molecule has 4 N–H and O–H groups in total. The van der Waals surface area contributed by atoms with E-state index >= 15 is 0 Å². The zero-order valence-electron chi connectivity index (χ0n) is 10.7. The predicted molar refractivity (Wildman–Crippen MR) is 72.0 cm³/mol. The molecule has 1 atom stereocenters. The largest absolute Gasteiger partial charge is 0.359 e. The fourth-order valence-corrected chi connectivity index (χ4v) is 3.11. The summed E-state index contributed by atoms with van der Waals surface area (Å²) in [4.78, 5) is 19.4. The van der Waals surface area contributed by atoms with Gasteiger partial charge in [0, 0.05) is 31.2 Å². The molecule has 1 aromatic heterocycles. The zero-order chi connectivity index (χ0) is 13.2. The molecule has 0 radical (unpaired) electrons. The van der Waals surface area contributed by atoms with Crippen molar-refractivity contribution in [3.63, 3.8) is 0 Å². The first-order valence-corrected chi connectivity index (χ1v) is 6.75. The SMILES string of the molecule is CNC(=O)C1(C)CCN(Cc2cnc(NN)s2)C1. The maximum atomic E-state index is 11.8. The first-order valence-electron chi connectivity index (χ1n) is 5.93. The molecule has 1 fully saturated rings. The van der Waals surface area contributed by atoms with E-state index in [9.17, 15) is 4.79 Å². The van der Waals surface area contributed by atoms with Crippen molar-refractivity contribution in [2.45, 2.75) is 19.9 Å². The third-order valence-corrected chi connectivity index (χ3v) is 4.30. The Kier molecular flexibility index (Phi) is 3.84. The van der Waals surface area contributed by atoms with E-state index in [1.54, 1.807) is 18.4 Å². The van der Waals surface area contributed by atoms with Gasteiger partial charge in [-0.05, 0) is 19.9 Å². The third kappa shape index (κ3) is 2.63. The Morgan fingerprint density at radius 2 is 2.50 bits per heavy atom. The van der Waals surface area contributed by atoms with Crippen molar-refractivity contribution in [3.8, 4) is 0 Å². The number of hydrogen-bond acceptors (Lipinski definition) is 6. The standard InChI is InChI=1S/C11H19N5OS/c1-11(9(17)13-2)3-4-16(7-11)6-8-5-14-10(15-12)18-8/h5H,3-4,6-7,12H2,1-2H3,(H,13,17)(H,14,15). The Balaban J connectivity index is 1.95. The number of rotatable bonds is 4. The van der Waals surface area contributed by atoms with Gasteiger partial charge in [0.1, 0.15) is 0 Å². The van der Waals surface area contributed by atoms with Gasteiger partial charge in [-0.3, -0.25) is 15.1 Å². The number of amides is 1. The van der Waals surface area contributed by atoms with E-state index in [-0.39, 0.29) is 11.3 Å². The van der Waals surface area contributed by atoms with E-state index in [4.69, 9.17) is 5.84 Å². The molecule has 0 spiro atoms. The summed E-state index contributed by atoms with van der Waals surface area (Å²) in [5.41, 5.74) is 2.27. The molecule has 0 aliphatic carbocycles. The molecule has 6 nitrogen and oxygen atoms in total. The number of nitrogens with one attached hydrogen (secondary N) is 2. The molecule has 1 saturated heterocycles. The third-order valence-electron chi connectivity index (χ3n) is 3.38. The number of likely N-dealkylation sites (tertiary alicyclic amines) is 1. The van der Waals surface area contributed by atoms with Crippen LogP contribution in [-0.4, -0.2) is 35.9 Å². The number of hydrazine groups is 1. The normalized spacial score (nSPS) is 24.2. The van der Waals surface area contributed by atoms with Gasteiger partial charge < -0.3 is 5.32 Å². The number of carbonyl (C=O) groups is 1. The van der Waals surface area contributed by atoms with Gasteiger partial charge in [-0.25, -0.2) is 10.8 Å². The van der Waals surface area contributed by atoms with Crippen LogP contribution < -0.4 is 16.6 Å². The number of nitrogens with zero attached hydrogens (tertiary/aromatic N) is 2. The number of nitrogen functional groups attached to an aromatic ring is 1. The maximum Gasteiger partial charge on any atom is 0.227 e. The van der Waals surface area contributed by atoms with E-state index in [1.807, 2.05) is 13.1 Å². The van der Waals surface area contributed by atoms with Crippen LogP contribution in [0.15, 0.2) is 6.20 Å². The molecule has 0 bridgehead atoms. The number of aromatic nitrogens is 1. The average Bonchev–Trinajstić information content (AvgIpc) is 2.96. The summed E-state index contributed by atoms with van der Waals surface area (Å²) in [7, 11) is 1.69. The highest BCUT2D eigenvalue weighted by Gasteiger charge is 2.39. The quantitative estimate of drug-likeness (QED) is 0.544. The van der Waals surface area contributed by atoms with Crippen molar-refractivity contribution in [2.24, 2.45) is 11.3 Å². The summed E-state index contributed by atoms with van der Waals surface area (Å²) in [5.74, 6) is 5.43. The molecule has 1 aliphatic heterocycles. The fraction of sp³-hybridized carbons (Fsp3) is 0.636. The Hall–Kier alpha value is -1.18. The second kappa shape index (κ2) is 5.21. The molecule has 0 aromatic carbocycles. The average molecular weight is 269 g/mol. The monoisotopic (exact) mass is 269 g/mol. The van der Waals surface area contributed by atoms with Crippen LogP contribution in [0.1, 0.15) is 18.2 Å². The summed E-state index contributed by atoms with van der Waals surface area (Å²) in [5, 5.41) is 3.46. The molecule has 1 amide bonds. The molecule has 2 heterocycles. The zero-order valence-corrected chi connectivity index (χ0v) is 11.5. The summed E-state index contributed by atoms with van der Waals surface area (Å²) >= 11 is 1.54. The van der Waals surface area contributed by atoms with Crippen molar-refractivity contribution in [3.05, 3.63) is 11.1 Å². The van der Waals surface area contributed by atoms with Crippen molar-refractivity contribution in [1.82, 2.24) is 15.2 Å². The Labute approximate surface area is 111 Å². The van der Waals surface area contributed by atoms with Gasteiger partial charge >= 0.3 is 0 Å². The van der Waals surface area contributed by atoms with E-state index in [2.05, 4.69) is 20.6 Å². The number of thiazole rings is 1. The minimum absolute atomic E-state index is 0.124. The van der Waals surface area contributed by atoms with Crippen molar-refractivity contribution in [1.29, 1.82) is 0 Å². The highest BCUT2D eigenvalue weighted by atomic mass is 32.1. The topological polar surface area (TPSA) is 83.3 Å². The molecule has 100 valence electrons. The molecule has 7 heteroatoms. The van der Waals surface area contributed by atoms with Gasteiger partial charge in [-0.1, -0.05) is 11.3 Å². The number of anilines is 1. The Morgan fingerprint density at radius 1 is 1.72 bits per heavy atom. The minimum atomic E-state index is -0.269. The van der Waals surface area contributed by atoms with Crippen LogP contribution in [0.5, 0.6) is 0 Å². The lowest BCUT2D eigenvalue weighted by Gasteiger charge is -2.22. The number of nitrogens with two attached hydrogens (primary N) is 1. The summed E-state index contributed by atoms with van der Waals surface area (Å²) in [6, 6.07) is 0. The van der Waals surface area contributed by atoms with Crippen molar-refractivity contribution >= 4 is 22.4 Å². The lowest BCUT2D eigenvalue weighted by molar-refractivity contribution is -0.129. The first-order chi connectivity index (χ1) is 8.57. The Morgan fingerprint density at radius 3 is 3.11 bits per heavy atom. The lowest BCUT2D eigenvalue weighted by Crippen LogP contribution is -2.39. The lowest BCUT2D eigenvalue weighted by atomic mass is 9.89. The predicted octanol–water partition coefficient (Wildman–Crippen LogP) is 0.387. The van der Waals surface area contributed by atoms with Crippen molar-refractivity contribution < 1.29 is 4.79 Å². The highest BCUT2D eigenvalue weighted by molar-refractivity contribution is 7.15. The van der Waals surface area contributed by atoms with E-state index in [0.29, 0.717) is 0 Å². The van der Waals surface area contributed by atoms with Gasteiger partial charge in [0.25, 0.3) is 0 Å². The summed E-state index contributed by atoms with van der Waals surface area (Å²) < 4.78 is 0. The fourth-order valence-electron chi connectivity index (χ4n) is 2.35. The van der Waals surface area contributed by atoms with E-state index in [0.717, 1.165) is 36.1 Å². The molecular weight excluding hydrogens is 250 g/mol. The van der Waals surface area contributed by atoms with Gasteiger partial charge in [0.05, 0.1) is 5.41 Å². The smallest absolute Gasteiger partial charge is 0.227 e. The van der Waals surface area contributed by atoms with Crippen LogP contribution in [0.2, 0.25) is 0 Å². The van der Waals surface area contributed by atoms with E-state index in [1.165, 1.54) is 0 Å². The highest BCUT2D eigenvalue weighted by Crippen LogP contribution is 2.31. The molecule has 1 unspecified atom stereocenters. The van der Waals surface area contributed by atoms with Crippen LogP contribution in [0, 0.1) is 5.41 Å². The number of hydrogen-bond donors (Lipinski definition) is 3. The van der Waals surface area contributed by atoms with Gasteiger partial charge in [-0.15, -0.1) is 0 Å². The molecular formula is C11H19N5OS. The first kappa shape index (κ1) is 13.3. The summed E-state index contributed by atoms with van der Waals surface area (Å²) in [6.07, 6.45) is 2.73. The van der Waals surface area contributed by atoms with Crippen LogP contribution >= 0.6 is 11.3 Å². The van der Waals surface area contributed by atoms with Gasteiger partial charge in [0.2, 0.25) is 5.91 Å². The molecule has 18 heavy (non-hydrogen) atoms. The summed E-state index contributed by atoms with van der Waals surface area (Å²) in [6.45, 7) is 4.57. The minimum Gasteiger partial charge on any atom is -0.359 e. The van der Waals surface area contributed by atoms with Gasteiger partial charge in [0.15, 0.2) is 5.13 Å². The molecule has 1 aromatic rings.